The zero-order valence-corrected chi connectivity index (χ0v) is 18.8. The highest BCUT2D eigenvalue weighted by Gasteiger charge is 2.37. The van der Waals surface area contributed by atoms with Crippen LogP contribution in [0.4, 0.5) is 27.6 Å². The normalized spacial score (nSPS) is 12.8. The first-order valence-corrected chi connectivity index (χ1v) is 10.4. The van der Waals surface area contributed by atoms with E-state index >= 15 is 0 Å². The predicted molar refractivity (Wildman–Crippen MR) is 115 cm³/mol. The first-order chi connectivity index (χ1) is 16.1. The second kappa shape index (κ2) is 9.10. The Hall–Kier alpha value is -3.39. The van der Waals surface area contributed by atoms with E-state index in [4.69, 9.17) is 4.84 Å². The van der Waals surface area contributed by atoms with Crippen molar-refractivity contribution in [1.29, 1.82) is 0 Å². The zero-order chi connectivity index (χ0) is 24.7. The summed E-state index contributed by atoms with van der Waals surface area (Å²) in [7, 11) is 0. The maximum Gasteiger partial charge on any atom is 0.285 e. The molecule has 0 fully saturated rings. The minimum Gasteiger partial charge on any atom is -0.317 e. The van der Waals surface area contributed by atoms with Crippen molar-refractivity contribution in [3.63, 3.8) is 0 Å². The van der Waals surface area contributed by atoms with Gasteiger partial charge in [-0.15, -0.1) is 5.06 Å². The summed E-state index contributed by atoms with van der Waals surface area (Å²) in [4.78, 5) is 43.0. The van der Waals surface area contributed by atoms with Crippen LogP contribution in [0.5, 0.6) is 0 Å². The summed E-state index contributed by atoms with van der Waals surface area (Å²) in [5.41, 5.74) is -1.42. The molecule has 3 aromatic rings. The molecule has 0 spiro atoms. The average Bonchev–Trinajstić information content (AvgIpc) is 3.07. The smallest absolute Gasteiger partial charge is 0.285 e. The molecule has 0 saturated heterocycles. The van der Waals surface area contributed by atoms with E-state index in [1.165, 1.54) is 30.3 Å². The lowest BCUT2D eigenvalue weighted by Gasteiger charge is -2.17. The number of amides is 3. The Balaban J connectivity index is 1.61. The van der Waals surface area contributed by atoms with Crippen molar-refractivity contribution in [2.24, 2.45) is 0 Å². The SMILES string of the molecule is O=C(Nc1c(F)c(F)c(F)c(F)c1F)c1c(I)cccc1CON1C(=O)c2ccccc2C1=O. The molecule has 0 aliphatic carbocycles. The molecule has 1 aliphatic rings. The van der Waals surface area contributed by atoms with Crippen molar-refractivity contribution >= 4 is 46.0 Å². The maximum absolute atomic E-state index is 14.0. The topological polar surface area (TPSA) is 75.7 Å². The third-order valence-electron chi connectivity index (χ3n) is 4.88. The van der Waals surface area contributed by atoms with E-state index in [1.807, 2.05) is 0 Å². The van der Waals surface area contributed by atoms with Crippen LogP contribution in [0.2, 0.25) is 0 Å². The monoisotopic (exact) mass is 588 g/mol. The quantitative estimate of drug-likeness (QED) is 0.150. The first kappa shape index (κ1) is 23.8. The van der Waals surface area contributed by atoms with Gasteiger partial charge in [0.2, 0.25) is 5.82 Å². The number of anilines is 1. The lowest BCUT2D eigenvalue weighted by Crippen LogP contribution is -2.30. The first-order valence-electron chi connectivity index (χ1n) is 9.34. The lowest BCUT2D eigenvalue weighted by atomic mass is 10.1. The molecule has 3 amide bonds. The van der Waals surface area contributed by atoms with Crippen LogP contribution >= 0.6 is 22.6 Å². The number of benzene rings is 3. The predicted octanol–water partition coefficient (Wildman–Crippen LogP) is 4.97. The van der Waals surface area contributed by atoms with Gasteiger partial charge in [-0.05, 0) is 46.4 Å². The number of nitrogens with zero attached hydrogens (tertiary/aromatic N) is 1. The molecule has 0 unspecified atom stereocenters. The number of carbonyl (C=O) groups excluding carboxylic acids is 3. The number of hydroxylamine groups is 2. The van der Waals surface area contributed by atoms with Crippen LogP contribution in [-0.4, -0.2) is 22.8 Å². The van der Waals surface area contributed by atoms with Crippen molar-refractivity contribution in [2.45, 2.75) is 6.61 Å². The number of fused-ring (bicyclic) bond motifs is 1. The number of carbonyl (C=O) groups is 3. The highest BCUT2D eigenvalue weighted by atomic mass is 127. The minimum atomic E-state index is -2.36. The maximum atomic E-state index is 14.0. The highest BCUT2D eigenvalue weighted by Crippen LogP contribution is 2.29. The fraction of sp³-hybridized carbons (Fsp3) is 0.0455. The van der Waals surface area contributed by atoms with Gasteiger partial charge in [0.05, 0.1) is 16.7 Å². The Morgan fingerprint density at radius 1 is 0.824 bits per heavy atom. The Morgan fingerprint density at radius 2 is 1.35 bits per heavy atom. The molecular formula is C22H10F5IN2O4. The summed E-state index contributed by atoms with van der Waals surface area (Å²) in [6.07, 6.45) is 0. The number of halogens is 6. The third kappa shape index (κ3) is 3.92. The highest BCUT2D eigenvalue weighted by molar-refractivity contribution is 14.1. The molecule has 4 rings (SSSR count). The molecule has 0 aromatic heterocycles. The molecule has 34 heavy (non-hydrogen) atoms. The van der Waals surface area contributed by atoms with E-state index in [2.05, 4.69) is 0 Å². The third-order valence-corrected chi connectivity index (χ3v) is 5.78. The van der Waals surface area contributed by atoms with Crippen molar-refractivity contribution < 1.29 is 41.2 Å². The van der Waals surface area contributed by atoms with E-state index < -0.39 is 59.1 Å². The fourth-order valence-electron chi connectivity index (χ4n) is 3.25. The van der Waals surface area contributed by atoms with Crippen molar-refractivity contribution in [2.75, 3.05) is 5.32 Å². The number of rotatable bonds is 5. The van der Waals surface area contributed by atoms with Crippen LogP contribution in [-0.2, 0) is 11.4 Å². The van der Waals surface area contributed by atoms with Crippen molar-refractivity contribution in [3.05, 3.63) is 97.4 Å². The van der Waals surface area contributed by atoms with Gasteiger partial charge in [-0.2, -0.15) is 0 Å². The van der Waals surface area contributed by atoms with Gasteiger partial charge < -0.3 is 5.32 Å². The van der Waals surface area contributed by atoms with Gasteiger partial charge >= 0.3 is 0 Å². The molecule has 0 bridgehead atoms. The number of hydrogen-bond acceptors (Lipinski definition) is 4. The summed E-state index contributed by atoms with van der Waals surface area (Å²) in [5, 5.41) is 2.21. The molecule has 1 heterocycles. The van der Waals surface area contributed by atoms with Crippen molar-refractivity contribution in [1.82, 2.24) is 5.06 Å². The lowest BCUT2D eigenvalue weighted by molar-refractivity contribution is -0.101. The molecule has 0 saturated carbocycles. The van der Waals surface area contributed by atoms with E-state index in [-0.39, 0.29) is 25.8 Å². The van der Waals surface area contributed by atoms with E-state index in [1.54, 1.807) is 40.0 Å². The molecule has 0 radical (unpaired) electrons. The molecule has 3 aromatic carbocycles. The second-order valence-corrected chi connectivity index (χ2v) is 8.06. The Labute approximate surface area is 201 Å². The van der Waals surface area contributed by atoms with Crippen molar-refractivity contribution in [3.8, 4) is 0 Å². The van der Waals surface area contributed by atoms with Gasteiger partial charge in [0.25, 0.3) is 17.7 Å². The Kier molecular flexibility index (Phi) is 6.36. The van der Waals surface area contributed by atoms with E-state index in [0.717, 1.165) is 0 Å². The van der Waals surface area contributed by atoms with Crippen LogP contribution in [0.1, 0.15) is 36.6 Å². The summed E-state index contributed by atoms with van der Waals surface area (Å²) in [5.74, 6) is -13.9. The standard InChI is InChI=1S/C22H10F5IN2O4/c23-14-15(24)17(26)19(18(27)16(14)25)29-20(31)13-9(4-3-7-12(13)28)8-34-30-21(32)10-5-1-2-6-11(10)22(30)33/h1-7H,8H2,(H,29,31). The van der Waals surface area contributed by atoms with Crippen LogP contribution in [0.15, 0.2) is 42.5 Å². The van der Waals surface area contributed by atoms with Crippen LogP contribution in [0, 0.1) is 32.7 Å². The molecule has 0 atom stereocenters. The largest absolute Gasteiger partial charge is 0.317 e. The zero-order valence-electron chi connectivity index (χ0n) is 16.6. The van der Waals surface area contributed by atoms with Crippen LogP contribution in [0.3, 0.4) is 0 Å². The summed E-state index contributed by atoms with van der Waals surface area (Å²) >= 11 is 1.72. The summed E-state index contributed by atoms with van der Waals surface area (Å²) in [6, 6.07) is 10.3. The van der Waals surface area contributed by atoms with Gasteiger partial charge in [0, 0.05) is 3.57 Å². The van der Waals surface area contributed by atoms with Gasteiger partial charge in [-0.25, -0.2) is 22.0 Å². The van der Waals surface area contributed by atoms with Gasteiger partial charge in [0.1, 0.15) is 12.3 Å². The molecule has 174 valence electrons. The molecular weight excluding hydrogens is 578 g/mol. The Morgan fingerprint density at radius 3 is 1.91 bits per heavy atom. The van der Waals surface area contributed by atoms with Gasteiger partial charge in [0.15, 0.2) is 23.3 Å². The molecule has 1 aliphatic heterocycles. The number of imide groups is 1. The van der Waals surface area contributed by atoms with E-state index in [9.17, 15) is 36.3 Å². The molecule has 1 N–H and O–H groups in total. The van der Waals surface area contributed by atoms with Gasteiger partial charge in [-0.3, -0.25) is 19.2 Å². The summed E-state index contributed by atoms with van der Waals surface area (Å²) in [6.45, 7) is -0.498. The van der Waals surface area contributed by atoms with Crippen LogP contribution in [0.25, 0.3) is 0 Å². The molecule has 12 heteroatoms. The minimum absolute atomic E-state index is 0.0739. The van der Waals surface area contributed by atoms with Gasteiger partial charge in [-0.1, -0.05) is 24.3 Å². The number of hydrogen-bond donors (Lipinski definition) is 1. The van der Waals surface area contributed by atoms with E-state index in [0.29, 0.717) is 5.06 Å². The number of nitrogens with one attached hydrogen (secondary N) is 1. The fourth-order valence-corrected chi connectivity index (χ4v) is 4.05. The average molecular weight is 588 g/mol. The molecule has 6 nitrogen and oxygen atoms in total. The Bertz CT molecular complexity index is 1320. The van der Waals surface area contributed by atoms with Crippen LogP contribution < -0.4 is 5.32 Å². The summed E-state index contributed by atoms with van der Waals surface area (Å²) < 4.78 is 68.5. The second-order valence-electron chi connectivity index (χ2n) is 6.90.